The third-order valence-corrected chi connectivity index (χ3v) is 3.56. The molecule has 104 valence electrons. The molecule has 0 aliphatic carbocycles. The normalized spacial score (nSPS) is 10.7. The van der Waals surface area contributed by atoms with Crippen LogP contribution < -0.4 is 0 Å². The molecule has 0 heterocycles. The summed E-state index contributed by atoms with van der Waals surface area (Å²) >= 11 is 0. The van der Waals surface area contributed by atoms with Crippen LogP contribution in [0, 0.1) is 6.92 Å². The Labute approximate surface area is 122 Å². The Kier molecular flexibility index (Phi) is 3.10. The van der Waals surface area contributed by atoms with Gasteiger partial charge in [0.25, 0.3) is 0 Å². The fraction of sp³-hybridized carbons (Fsp3) is 0.0556. The lowest BCUT2D eigenvalue weighted by atomic mass is 9.97. The van der Waals surface area contributed by atoms with Crippen molar-refractivity contribution in [1.82, 2.24) is 0 Å². The van der Waals surface area contributed by atoms with Gasteiger partial charge in [-0.3, -0.25) is 0 Å². The van der Waals surface area contributed by atoms with Gasteiger partial charge in [0.05, 0.1) is 0 Å². The average molecular weight is 278 g/mol. The molecule has 3 heteroatoms. The van der Waals surface area contributed by atoms with Gasteiger partial charge in [-0.05, 0) is 41.0 Å². The zero-order valence-electron chi connectivity index (χ0n) is 11.5. The van der Waals surface area contributed by atoms with Crippen LogP contribution in [0.2, 0.25) is 0 Å². The SMILES string of the molecule is Cc1cccc(-c2ccc3c(C(=O)O)c(O)ccc3c2)c1. The van der Waals surface area contributed by atoms with E-state index in [4.69, 9.17) is 0 Å². The number of aromatic hydroxyl groups is 1. The molecular formula is C18H14O3. The van der Waals surface area contributed by atoms with Gasteiger partial charge >= 0.3 is 5.97 Å². The zero-order valence-corrected chi connectivity index (χ0v) is 11.5. The molecule has 0 saturated heterocycles. The predicted octanol–water partition coefficient (Wildman–Crippen LogP) is 4.22. The van der Waals surface area contributed by atoms with Crippen LogP contribution in [0.1, 0.15) is 15.9 Å². The second-order valence-corrected chi connectivity index (χ2v) is 5.07. The number of aryl methyl sites for hydroxylation is 1. The monoisotopic (exact) mass is 278 g/mol. The van der Waals surface area contributed by atoms with Crippen LogP contribution in [-0.2, 0) is 0 Å². The highest BCUT2D eigenvalue weighted by molar-refractivity contribution is 6.07. The second kappa shape index (κ2) is 4.94. The lowest BCUT2D eigenvalue weighted by Crippen LogP contribution is -1.98. The van der Waals surface area contributed by atoms with Crippen molar-refractivity contribution >= 4 is 16.7 Å². The molecule has 3 rings (SSSR count). The molecule has 0 amide bonds. The van der Waals surface area contributed by atoms with E-state index in [0.29, 0.717) is 5.39 Å². The van der Waals surface area contributed by atoms with E-state index in [9.17, 15) is 15.0 Å². The third-order valence-electron chi connectivity index (χ3n) is 3.56. The van der Waals surface area contributed by atoms with Crippen molar-refractivity contribution < 1.29 is 15.0 Å². The Hall–Kier alpha value is -2.81. The van der Waals surface area contributed by atoms with Gasteiger partial charge in [0, 0.05) is 0 Å². The molecular weight excluding hydrogens is 264 g/mol. The lowest BCUT2D eigenvalue weighted by Gasteiger charge is -2.08. The molecule has 3 aromatic rings. The van der Waals surface area contributed by atoms with Gasteiger partial charge in [-0.1, -0.05) is 48.0 Å². The standard InChI is InChI=1S/C18H14O3/c1-11-3-2-4-12(9-11)13-5-7-15-14(10-13)6-8-16(19)17(15)18(20)21/h2-10,19H,1H3,(H,20,21). The van der Waals surface area contributed by atoms with E-state index in [1.165, 1.54) is 11.6 Å². The molecule has 0 radical (unpaired) electrons. The number of benzene rings is 3. The van der Waals surface area contributed by atoms with E-state index < -0.39 is 5.97 Å². The molecule has 0 spiro atoms. The van der Waals surface area contributed by atoms with Crippen LogP contribution in [0.25, 0.3) is 21.9 Å². The Morgan fingerprint density at radius 1 is 0.952 bits per heavy atom. The van der Waals surface area contributed by atoms with Crippen LogP contribution in [0.5, 0.6) is 5.75 Å². The number of hydrogen-bond donors (Lipinski definition) is 2. The van der Waals surface area contributed by atoms with Crippen LogP contribution >= 0.6 is 0 Å². The van der Waals surface area contributed by atoms with Gasteiger partial charge in [-0.2, -0.15) is 0 Å². The van der Waals surface area contributed by atoms with E-state index in [-0.39, 0.29) is 11.3 Å². The van der Waals surface area contributed by atoms with Crippen LogP contribution in [0.3, 0.4) is 0 Å². The van der Waals surface area contributed by atoms with E-state index in [2.05, 4.69) is 6.07 Å². The first kappa shape index (κ1) is 13.2. The summed E-state index contributed by atoms with van der Waals surface area (Å²) in [5, 5.41) is 20.3. The minimum absolute atomic E-state index is 0.0525. The minimum Gasteiger partial charge on any atom is -0.507 e. The average Bonchev–Trinajstić information content (AvgIpc) is 2.46. The minimum atomic E-state index is -1.12. The summed E-state index contributed by atoms with van der Waals surface area (Å²) in [5.74, 6) is -1.33. The largest absolute Gasteiger partial charge is 0.507 e. The molecule has 3 nitrogen and oxygen atoms in total. The van der Waals surface area contributed by atoms with Crippen molar-refractivity contribution in [2.45, 2.75) is 6.92 Å². The highest BCUT2D eigenvalue weighted by Crippen LogP contribution is 2.31. The van der Waals surface area contributed by atoms with Gasteiger partial charge in [0.2, 0.25) is 0 Å². The molecule has 2 N–H and O–H groups in total. The number of fused-ring (bicyclic) bond motifs is 1. The number of phenols is 1. The fourth-order valence-electron chi connectivity index (χ4n) is 2.55. The summed E-state index contributed by atoms with van der Waals surface area (Å²) in [6.45, 7) is 2.03. The Bertz CT molecular complexity index is 850. The summed E-state index contributed by atoms with van der Waals surface area (Å²) < 4.78 is 0. The Morgan fingerprint density at radius 3 is 2.43 bits per heavy atom. The first-order valence-corrected chi connectivity index (χ1v) is 6.62. The van der Waals surface area contributed by atoms with Gasteiger partial charge < -0.3 is 10.2 Å². The van der Waals surface area contributed by atoms with Crippen molar-refractivity contribution in [2.24, 2.45) is 0 Å². The quantitative estimate of drug-likeness (QED) is 0.738. The van der Waals surface area contributed by atoms with E-state index in [1.807, 2.05) is 37.3 Å². The van der Waals surface area contributed by atoms with E-state index in [1.54, 1.807) is 12.1 Å². The highest BCUT2D eigenvalue weighted by atomic mass is 16.4. The molecule has 0 bridgehead atoms. The van der Waals surface area contributed by atoms with Gasteiger partial charge in [0.1, 0.15) is 11.3 Å². The molecule has 0 saturated carbocycles. The topological polar surface area (TPSA) is 57.5 Å². The van der Waals surface area contributed by atoms with Gasteiger partial charge in [-0.15, -0.1) is 0 Å². The molecule has 3 aromatic carbocycles. The maximum absolute atomic E-state index is 11.3. The molecule has 0 aliphatic rings. The number of hydrogen-bond acceptors (Lipinski definition) is 2. The molecule has 0 unspecified atom stereocenters. The summed E-state index contributed by atoms with van der Waals surface area (Å²) in [4.78, 5) is 11.3. The summed E-state index contributed by atoms with van der Waals surface area (Å²) in [6, 6.07) is 16.9. The van der Waals surface area contributed by atoms with Crippen molar-refractivity contribution in [2.75, 3.05) is 0 Å². The smallest absolute Gasteiger partial charge is 0.340 e. The first-order chi connectivity index (χ1) is 10.1. The van der Waals surface area contributed by atoms with Crippen LogP contribution in [-0.4, -0.2) is 16.2 Å². The van der Waals surface area contributed by atoms with Crippen molar-refractivity contribution in [3.63, 3.8) is 0 Å². The van der Waals surface area contributed by atoms with Crippen molar-refractivity contribution in [3.8, 4) is 16.9 Å². The number of carboxylic acid groups (broad SMARTS) is 1. The Balaban J connectivity index is 2.22. The number of carboxylic acids is 1. The van der Waals surface area contributed by atoms with E-state index in [0.717, 1.165) is 16.5 Å². The van der Waals surface area contributed by atoms with Crippen molar-refractivity contribution in [3.05, 3.63) is 65.7 Å². The highest BCUT2D eigenvalue weighted by Gasteiger charge is 2.14. The van der Waals surface area contributed by atoms with Crippen molar-refractivity contribution in [1.29, 1.82) is 0 Å². The van der Waals surface area contributed by atoms with Crippen LogP contribution in [0.15, 0.2) is 54.6 Å². The predicted molar refractivity (Wildman–Crippen MR) is 82.7 cm³/mol. The number of rotatable bonds is 2. The van der Waals surface area contributed by atoms with Gasteiger partial charge in [0.15, 0.2) is 0 Å². The zero-order chi connectivity index (χ0) is 15.0. The molecule has 0 aliphatic heterocycles. The fourth-order valence-corrected chi connectivity index (χ4v) is 2.55. The molecule has 21 heavy (non-hydrogen) atoms. The molecule has 0 atom stereocenters. The molecule has 0 fully saturated rings. The third kappa shape index (κ3) is 2.34. The molecule has 0 aromatic heterocycles. The summed E-state index contributed by atoms with van der Waals surface area (Å²) in [7, 11) is 0. The number of carbonyl (C=O) groups is 1. The number of aromatic carboxylic acids is 1. The maximum Gasteiger partial charge on any atom is 0.340 e. The summed E-state index contributed by atoms with van der Waals surface area (Å²) in [6.07, 6.45) is 0. The summed E-state index contributed by atoms with van der Waals surface area (Å²) in [5.41, 5.74) is 3.22. The first-order valence-electron chi connectivity index (χ1n) is 6.62. The van der Waals surface area contributed by atoms with Crippen LogP contribution in [0.4, 0.5) is 0 Å². The van der Waals surface area contributed by atoms with E-state index >= 15 is 0 Å². The van der Waals surface area contributed by atoms with Gasteiger partial charge in [-0.25, -0.2) is 4.79 Å². The maximum atomic E-state index is 11.3. The Morgan fingerprint density at radius 2 is 1.71 bits per heavy atom. The second-order valence-electron chi connectivity index (χ2n) is 5.07. The lowest BCUT2D eigenvalue weighted by molar-refractivity contribution is 0.0696.